The Labute approximate surface area is 149 Å². The molecule has 0 bridgehead atoms. The average molecular weight is 345 g/mol. The van der Waals surface area contributed by atoms with E-state index in [0.29, 0.717) is 37.3 Å². The van der Waals surface area contributed by atoms with Gasteiger partial charge in [0.1, 0.15) is 0 Å². The molecule has 0 spiro atoms. The number of nitrogens with zero attached hydrogens (tertiary/aromatic N) is 3. The van der Waals surface area contributed by atoms with Crippen LogP contribution >= 0.6 is 0 Å². The highest BCUT2D eigenvalue weighted by Crippen LogP contribution is 2.13. The van der Waals surface area contributed by atoms with Crippen LogP contribution in [0, 0.1) is 0 Å². The molecule has 1 aliphatic heterocycles. The van der Waals surface area contributed by atoms with Gasteiger partial charge in [0.25, 0.3) is 11.8 Å². The molecule has 6 heteroatoms. The molecule has 136 valence electrons. The molecule has 1 fully saturated rings. The normalized spacial score (nSPS) is 14.3. The molecule has 1 aromatic carbocycles. The van der Waals surface area contributed by atoms with Crippen molar-refractivity contribution in [2.24, 2.45) is 0 Å². The number of carbonyl (C=O) groups excluding carboxylic acids is 3. The van der Waals surface area contributed by atoms with Crippen LogP contribution in [0.15, 0.2) is 24.3 Å². The monoisotopic (exact) mass is 345 g/mol. The van der Waals surface area contributed by atoms with E-state index in [4.69, 9.17) is 0 Å². The van der Waals surface area contributed by atoms with Crippen LogP contribution in [-0.2, 0) is 4.79 Å². The van der Waals surface area contributed by atoms with E-state index in [2.05, 4.69) is 13.8 Å². The third-order valence-electron chi connectivity index (χ3n) is 4.38. The maximum Gasteiger partial charge on any atom is 0.253 e. The second-order valence-electron chi connectivity index (χ2n) is 6.31. The van der Waals surface area contributed by atoms with Crippen LogP contribution in [0.4, 0.5) is 0 Å². The molecule has 0 N–H and O–H groups in total. The van der Waals surface area contributed by atoms with Crippen LogP contribution < -0.4 is 0 Å². The second-order valence-corrected chi connectivity index (χ2v) is 6.31. The Morgan fingerprint density at radius 2 is 1.64 bits per heavy atom. The summed E-state index contributed by atoms with van der Waals surface area (Å²) in [7, 11) is 0. The Hall–Kier alpha value is -2.37. The largest absolute Gasteiger partial charge is 0.342 e. The third-order valence-corrected chi connectivity index (χ3v) is 4.38. The van der Waals surface area contributed by atoms with Gasteiger partial charge in [0.15, 0.2) is 0 Å². The summed E-state index contributed by atoms with van der Waals surface area (Å²) in [6, 6.07) is 6.96. The van der Waals surface area contributed by atoms with Crippen LogP contribution in [0.3, 0.4) is 0 Å². The highest BCUT2D eigenvalue weighted by Gasteiger charge is 2.22. The first-order valence-corrected chi connectivity index (χ1v) is 8.98. The zero-order chi connectivity index (χ0) is 18.2. The minimum atomic E-state index is -0.0854. The molecule has 0 atom stereocenters. The zero-order valence-corrected chi connectivity index (χ0v) is 15.1. The number of hydrogen-bond donors (Lipinski definition) is 0. The summed E-state index contributed by atoms with van der Waals surface area (Å²) in [5.74, 6) is -0.109. The minimum Gasteiger partial charge on any atom is -0.342 e. The topological polar surface area (TPSA) is 60.9 Å². The molecule has 1 saturated heterocycles. The predicted octanol–water partition coefficient (Wildman–Crippen LogP) is 1.86. The lowest BCUT2D eigenvalue weighted by Crippen LogP contribution is -2.48. The summed E-state index contributed by atoms with van der Waals surface area (Å²) in [5, 5.41) is 0. The van der Waals surface area contributed by atoms with Gasteiger partial charge in [-0.25, -0.2) is 0 Å². The van der Waals surface area contributed by atoms with Gasteiger partial charge in [-0.3, -0.25) is 14.4 Å². The van der Waals surface area contributed by atoms with E-state index < -0.39 is 0 Å². The smallest absolute Gasteiger partial charge is 0.253 e. The second kappa shape index (κ2) is 9.20. The van der Waals surface area contributed by atoms with Gasteiger partial charge in [-0.1, -0.05) is 19.9 Å². The number of carbonyl (C=O) groups is 3. The Kier molecular flexibility index (Phi) is 6.98. The van der Waals surface area contributed by atoms with Gasteiger partial charge in [0.05, 0.1) is 0 Å². The molecule has 0 aliphatic carbocycles. The molecule has 2 rings (SSSR count). The molecule has 25 heavy (non-hydrogen) atoms. The molecule has 6 nitrogen and oxygen atoms in total. The average Bonchev–Trinajstić information content (AvgIpc) is 2.67. The zero-order valence-electron chi connectivity index (χ0n) is 15.1. The number of hydrogen-bond acceptors (Lipinski definition) is 3. The minimum absolute atomic E-state index is 0.0240. The van der Waals surface area contributed by atoms with Gasteiger partial charge < -0.3 is 14.7 Å². The highest BCUT2D eigenvalue weighted by molar-refractivity contribution is 5.99. The van der Waals surface area contributed by atoms with E-state index >= 15 is 0 Å². The third kappa shape index (κ3) is 4.81. The summed E-state index contributed by atoms with van der Waals surface area (Å²) in [4.78, 5) is 41.4. The first-order valence-electron chi connectivity index (χ1n) is 8.98. The van der Waals surface area contributed by atoms with E-state index in [-0.39, 0.29) is 11.8 Å². The van der Waals surface area contributed by atoms with Crippen LogP contribution in [-0.4, -0.2) is 72.2 Å². The van der Waals surface area contributed by atoms with E-state index in [1.807, 2.05) is 4.90 Å². The molecule has 1 heterocycles. The molecule has 3 amide bonds. The SMILES string of the molecule is CCCN(CCC)C(=O)c1cccc(C(=O)N2CCN(C=O)CC2)c1. The van der Waals surface area contributed by atoms with Crippen molar-refractivity contribution in [2.45, 2.75) is 26.7 Å². The first kappa shape index (κ1) is 19.0. The Balaban J connectivity index is 2.11. The molecular formula is C19H27N3O3. The lowest BCUT2D eigenvalue weighted by molar-refractivity contribution is -0.119. The van der Waals surface area contributed by atoms with Gasteiger partial charge in [0.2, 0.25) is 6.41 Å². The molecule has 1 aliphatic rings. The number of piperazine rings is 1. The van der Waals surface area contributed by atoms with E-state index in [1.54, 1.807) is 34.1 Å². The number of amides is 3. The van der Waals surface area contributed by atoms with E-state index in [1.165, 1.54) is 0 Å². The van der Waals surface area contributed by atoms with E-state index in [9.17, 15) is 14.4 Å². The Morgan fingerprint density at radius 1 is 1.04 bits per heavy atom. The number of benzene rings is 1. The summed E-state index contributed by atoms with van der Waals surface area (Å²) in [6.45, 7) is 7.69. The van der Waals surface area contributed by atoms with Crippen molar-refractivity contribution in [2.75, 3.05) is 39.3 Å². The van der Waals surface area contributed by atoms with Crippen LogP contribution in [0.25, 0.3) is 0 Å². The van der Waals surface area contributed by atoms with Crippen LogP contribution in [0.2, 0.25) is 0 Å². The fourth-order valence-corrected chi connectivity index (χ4v) is 3.04. The lowest BCUT2D eigenvalue weighted by Gasteiger charge is -2.32. The summed E-state index contributed by atoms with van der Waals surface area (Å²) in [6.07, 6.45) is 2.63. The quantitative estimate of drug-likeness (QED) is 0.709. The van der Waals surface area contributed by atoms with Crippen molar-refractivity contribution in [1.82, 2.24) is 14.7 Å². The van der Waals surface area contributed by atoms with Crippen molar-refractivity contribution in [1.29, 1.82) is 0 Å². The van der Waals surface area contributed by atoms with Crippen LogP contribution in [0.5, 0.6) is 0 Å². The fourth-order valence-electron chi connectivity index (χ4n) is 3.04. The van der Waals surface area contributed by atoms with E-state index in [0.717, 1.165) is 32.3 Å². The van der Waals surface area contributed by atoms with Crippen molar-refractivity contribution in [3.05, 3.63) is 35.4 Å². The fraction of sp³-hybridized carbons (Fsp3) is 0.526. The maximum absolute atomic E-state index is 12.7. The Bertz CT molecular complexity index is 604. The number of rotatable bonds is 7. The van der Waals surface area contributed by atoms with Gasteiger partial charge in [-0.15, -0.1) is 0 Å². The molecule has 0 saturated carbocycles. The van der Waals surface area contributed by atoms with Crippen molar-refractivity contribution in [3.63, 3.8) is 0 Å². The first-order chi connectivity index (χ1) is 12.1. The van der Waals surface area contributed by atoms with Crippen molar-refractivity contribution >= 4 is 18.2 Å². The summed E-state index contributed by atoms with van der Waals surface area (Å²) >= 11 is 0. The highest BCUT2D eigenvalue weighted by atomic mass is 16.2. The predicted molar refractivity (Wildman–Crippen MR) is 96.5 cm³/mol. The Morgan fingerprint density at radius 3 is 2.20 bits per heavy atom. The summed E-state index contributed by atoms with van der Waals surface area (Å²) < 4.78 is 0. The summed E-state index contributed by atoms with van der Waals surface area (Å²) in [5.41, 5.74) is 1.08. The standard InChI is InChI=1S/C19H27N3O3/c1-3-8-21(9-4-2)18(24)16-6-5-7-17(14-16)19(25)22-12-10-20(15-23)11-13-22/h5-7,14-15H,3-4,8-13H2,1-2H3. The molecule has 0 radical (unpaired) electrons. The molecular weight excluding hydrogens is 318 g/mol. The van der Waals surface area contributed by atoms with Crippen molar-refractivity contribution < 1.29 is 14.4 Å². The molecule has 0 aromatic heterocycles. The maximum atomic E-state index is 12.7. The molecule has 0 unspecified atom stereocenters. The van der Waals surface area contributed by atoms with Gasteiger partial charge in [0, 0.05) is 50.4 Å². The molecule has 1 aromatic rings. The lowest BCUT2D eigenvalue weighted by atomic mass is 10.1. The van der Waals surface area contributed by atoms with Crippen LogP contribution in [0.1, 0.15) is 47.4 Å². The van der Waals surface area contributed by atoms with Gasteiger partial charge in [-0.2, -0.15) is 0 Å². The van der Waals surface area contributed by atoms with Gasteiger partial charge >= 0.3 is 0 Å². The van der Waals surface area contributed by atoms with Gasteiger partial charge in [-0.05, 0) is 31.0 Å². The van der Waals surface area contributed by atoms with Crippen molar-refractivity contribution in [3.8, 4) is 0 Å².